The molecule has 1 saturated heterocycles. The average molecular weight is 421 g/mol. The number of fused-ring (bicyclic) bond motifs is 1. The molecule has 0 aliphatic carbocycles. The fraction of sp³-hybridized carbons (Fsp3) is 0.375. The van der Waals surface area contributed by atoms with Crippen LogP contribution in [-0.4, -0.2) is 55.8 Å². The van der Waals surface area contributed by atoms with Gasteiger partial charge in [-0.25, -0.2) is 14.8 Å². The lowest BCUT2D eigenvalue weighted by molar-refractivity contribution is 0.0616. The zero-order valence-corrected chi connectivity index (χ0v) is 18.1. The van der Waals surface area contributed by atoms with Gasteiger partial charge < -0.3 is 20.0 Å². The van der Waals surface area contributed by atoms with Crippen molar-refractivity contribution in [2.24, 2.45) is 0 Å². The van der Waals surface area contributed by atoms with Crippen molar-refractivity contribution in [2.45, 2.75) is 45.2 Å². The Kier molecular flexibility index (Phi) is 5.43. The first-order chi connectivity index (χ1) is 14.8. The predicted molar refractivity (Wildman–Crippen MR) is 121 cm³/mol. The minimum Gasteiger partial charge on any atom is -0.507 e. The van der Waals surface area contributed by atoms with Crippen LogP contribution in [0, 0.1) is 0 Å². The number of phenols is 1. The van der Waals surface area contributed by atoms with Gasteiger partial charge in [-0.05, 0) is 57.9 Å². The smallest absolute Gasteiger partial charge is 0.407 e. The summed E-state index contributed by atoms with van der Waals surface area (Å²) in [5.74, 6) is 1.44. The van der Waals surface area contributed by atoms with Gasteiger partial charge >= 0.3 is 6.09 Å². The number of anilines is 1. The number of aromatic nitrogens is 2. The summed E-state index contributed by atoms with van der Waals surface area (Å²) in [5, 5.41) is 21.0. The molecule has 1 amide bonds. The summed E-state index contributed by atoms with van der Waals surface area (Å²) in [5.41, 5.74) is 0.960. The largest absolute Gasteiger partial charge is 0.507 e. The number of rotatable bonds is 3. The maximum atomic E-state index is 11.9. The highest BCUT2D eigenvalue weighted by atomic mass is 16.4. The molecule has 0 spiro atoms. The third kappa shape index (κ3) is 4.13. The second kappa shape index (κ2) is 8.06. The maximum absolute atomic E-state index is 11.9. The number of para-hydroxylation sites is 2. The second-order valence-corrected chi connectivity index (χ2v) is 8.95. The lowest BCUT2D eigenvalue weighted by Gasteiger charge is -2.43. The van der Waals surface area contributed by atoms with Crippen molar-refractivity contribution in [1.29, 1.82) is 0 Å². The molecule has 2 aromatic carbocycles. The van der Waals surface area contributed by atoms with E-state index in [1.165, 1.54) is 0 Å². The van der Waals surface area contributed by atoms with Crippen molar-refractivity contribution in [3.63, 3.8) is 0 Å². The van der Waals surface area contributed by atoms with Gasteiger partial charge in [0.25, 0.3) is 0 Å². The lowest BCUT2D eigenvalue weighted by atomic mass is 9.96. The number of benzene rings is 2. The molecule has 0 radical (unpaired) electrons. The summed E-state index contributed by atoms with van der Waals surface area (Å²) in [6.07, 6.45) is 0.585. The molecule has 162 valence electrons. The number of phenolic OH excluding ortho intramolecular Hbond substituents is 1. The van der Waals surface area contributed by atoms with E-state index < -0.39 is 11.6 Å². The molecule has 0 bridgehead atoms. The molecule has 0 atom stereocenters. The molecule has 0 unspecified atom stereocenters. The van der Waals surface area contributed by atoms with Crippen LogP contribution in [0.5, 0.6) is 5.75 Å². The highest BCUT2D eigenvalue weighted by molar-refractivity contribution is 5.91. The zero-order chi connectivity index (χ0) is 22.2. The molecule has 1 aromatic heterocycles. The van der Waals surface area contributed by atoms with Crippen LogP contribution in [0.25, 0.3) is 22.3 Å². The summed E-state index contributed by atoms with van der Waals surface area (Å²) in [4.78, 5) is 25.2. The van der Waals surface area contributed by atoms with E-state index in [2.05, 4.69) is 9.88 Å². The van der Waals surface area contributed by atoms with Crippen LogP contribution in [0.15, 0.2) is 48.5 Å². The number of carbonyl (C=O) groups is 1. The van der Waals surface area contributed by atoms with E-state index >= 15 is 0 Å². The van der Waals surface area contributed by atoms with E-state index in [1.54, 1.807) is 17.0 Å². The summed E-state index contributed by atoms with van der Waals surface area (Å²) >= 11 is 0. The van der Waals surface area contributed by atoms with Gasteiger partial charge in [0.15, 0.2) is 5.82 Å². The van der Waals surface area contributed by atoms with Crippen molar-refractivity contribution >= 4 is 22.8 Å². The second-order valence-electron chi connectivity index (χ2n) is 8.95. The van der Waals surface area contributed by atoms with Gasteiger partial charge in [0.05, 0.1) is 11.1 Å². The van der Waals surface area contributed by atoms with E-state index in [0.717, 1.165) is 29.6 Å². The van der Waals surface area contributed by atoms with Gasteiger partial charge in [-0.2, -0.15) is 0 Å². The van der Waals surface area contributed by atoms with Crippen LogP contribution in [0.3, 0.4) is 0 Å². The van der Waals surface area contributed by atoms with E-state index in [0.29, 0.717) is 24.5 Å². The van der Waals surface area contributed by atoms with Crippen LogP contribution in [0.2, 0.25) is 0 Å². The summed E-state index contributed by atoms with van der Waals surface area (Å²) < 4.78 is 0. The van der Waals surface area contributed by atoms with Gasteiger partial charge in [0.2, 0.25) is 0 Å². The Bertz CT molecular complexity index is 1100. The lowest BCUT2D eigenvalue weighted by Crippen LogP contribution is -2.54. The molecule has 1 aliphatic heterocycles. The normalized spacial score (nSPS) is 15.3. The van der Waals surface area contributed by atoms with Crippen molar-refractivity contribution in [3.8, 4) is 17.1 Å². The zero-order valence-electron chi connectivity index (χ0n) is 18.1. The maximum Gasteiger partial charge on any atom is 0.407 e. The molecule has 2 N–H and O–H groups in total. The van der Waals surface area contributed by atoms with Gasteiger partial charge in [-0.1, -0.05) is 24.3 Å². The standard InChI is InChI=1S/C24H28N4O3/c1-24(2,3)28(23(30)31)16-12-14-27(15-13-16)22-17-8-4-6-10-19(17)25-21(26-22)18-9-5-7-11-20(18)29/h4-11,16,29H,12-15H2,1-3H3,(H,30,31). The van der Waals surface area contributed by atoms with Crippen LogP contribution < -0.4 is 4.90 Å². The van der Waals surface area contributed by atoms with E-state index in [4.69, 9.17) is 4.98 Å². The first-order valence-electron chi connectivity index (χ1n) is 10.6. The third-order valence-corrected chi connectivity index (χ3v) is 5.79. The minimum atomic E-state index is -0.875. The van der Waals surface area contributed by atoms with E-state index in [1.807, 2.05) is 57.2 Å². The Balaban J connectivity index is 1.68. The van der Waals surface area contributed by atoms with Gasteiger partial charge in [0, 0.05) is 30.1 Å². The fourth-order valence-electron chi connectivity index (χ4n) is 4.41. The third-order valence-electron chi connectivity index (χ3n) is 5.79. The first kappa shape index (κ1) is 20.9. The van der Waals surface area contributed by atoms with Gasteiger partial charge in [-0.3, -0.25) is 0 Å². The number of carboxylic acid groups (broad SMARTS) is 1. The quantitative estimate of drug-likeness (QED) is 0.636. The Morgan fingerprint density at radius 2 is 1.68 bits per heavy atom. The molecule has 7 heteroatoms. The Morgan fingerprint density at radius 3 is 2.32 bits per heavy atom. The summed E-state index contributed by atoms with van der Waals surface area (Å²) in [7, 11) is 0. The fourth-order valence-corrected chi connectivity index (χ4v) is 4.41. The average Bonchev–Trinajstić information content (AvgIpc) is 2.72. The topological polar surface area (TPSA) is 89.8 Å². The number of hydrogen-bond acceptors (Lipinski definition) is 5. The molecule has 3 aromatic rings. The summed E-state index contributed by atoms with van der Waals surface area (Å²) in [6, 6.07) is 14.9. The molecule has 1 aliphatic rings. The highest BCUT2D eigenvalue weighted by Crippen LogP contribution is 2.33. The van der Waals surface area contributed by atoms with E-state index in [9.17, 15) is 15.0 Å². The van der Waals surface area contributed by atoms with Gasteiger partial charge in [-0.15, -0.1) is 0 Å². The summed E-state index contributed by atoms with van der Waals surface area (Å²) in [6.45, 7) is 7.20. The Hall–Kier alpha value is -3.35. The van der Waals surface area contributed by atoms with Crippen LogP contribution >= 0.6 is 0 Å². The SMILES string of the molecule is CC(C)(C)N(C(=O)O)C1CCN(c2nc(-c3ccccc3O)nc3ccccc23)CC1. The van der Waals surface area contributed by atoms with Crippen LogP contribution in [0.1, 0.15) is 33.6 Å². The number of aromatic hydroxyl groups is 1. The van der Waals surface area contributed by atoms with Crippen LogP contribution in [-0.2, 0) is 0 Å². The number of nitrogens with zero attached hydrogens (tertiary/aromatic N) is 4. The molecule has 31 heavy (non-hydrogen) atoms. The molecular formula is C24H28N4O3. The number of amides is 1. The van der Waals surface area contributed by atoms with Crippen LogP contribution in [0.4, 0.5) is 10.6 Å². The van der Waals surface area contributed by atoms with Crippen molar-refractivity contribution < 1.29 is 15.0 Å². The minimum absolute atomic E-state index is 0.0283. The monoisotopic (exact) mass is 420 g/mol. The highest BCUT2D eigenvalue weighted by Gasteiger charge is 2.35. The molecule has 7 nitrogen and oxygen atoms in total. The molecule has 1 fully saturated rings. The number of piperidine rings is 1. The van der Waals surface area contributed by atoms with Crippen molar-refractivity contribution in [3.05, 3.63) is 48.5 Å². The number of hydrogen-bond donors (Lipinski definition) is 2. The van der Waals surface area contributed by atoms with E-state index in [-0.39, 0.29) is 11.8 Å². The molecule has 4 rings (SSSR count). The first-order valence-corrected chi connectivity index (χ1v) is 10.6. The predicted octanol–water partition coefficient (Wildman–Crippen LogP) is 4.75. The van der Waals surface area contributed by atoms with Crippen molar-refractivity contribution in [1.82, 2.24) is 14.9 Å². The molecule has 2 heterocycles. The molecule has 0 saturated carbocycles. The Labute approximate surface area is 182 Å². The van der Waals surface area contributed by atoms with Gasteiger partial charge in [0.1, 0.15) is 11.6 Å². The Morgan fingerprint density at radius 1 is 1.03 bits per heavy atom. The van der Waals surface area contributed by atoms with Crippen molar-refractivity contribution in [2.75, 3.05) is 18.0 Å². The molecular weight excluding hydrogens is 392 g/mol.